The summed E-state index contributed by atoms with van der Waals surface area (Å²) < 4.78 is 14.5. The van der Waals surface area contributed by atoms with Crippen LogP contribution in [0.1, 0.15) is 36.7 Å². The summed E-state index contributed by atoms with van der Waals surface area (Å²) in [7, 11) is 0. The van der Waals surface area contributed by atoms with Crippen molar-refractivity contribution < 1.29 is 14.3 Å². The van der Waals surface area contributed by atoms with E-state index < -0.39 is 17.3 Å². The highest BCUT2D eigenvalue weighted by Gasteiger charge is 2.18. The fourth-order valence-electron chi connectivity index (χ4n) is 2.98. The molecule has 3 rings (SSSR count). The fourth-order valence-corrected chi connectivity index (χ4v) is 2.98. The number of nitrogens with zero attached hydrogens (tertiary/aromatic N) is 2. The zero-order valence-corrected chi connectivity index (χ0v) is 15.8. The summed E-state index contributed by atoms with van der Waals surface area (Å²) in [6, 6.07) is 14.0. The van der Waals surface area contributed by atoms with E-state index in [1.54, 1.807) is 12.1 Å². The predicted molar refractivity (Wildman–Crippen MR) is 107 cm³/mol. The number of hydrogen-bond donors (Lipinski definition) is 1. The fraction of sp³-hybridized carbons (Fsp3) is 0.174. The van der Waals surface area contributed by atoms with Crippen LogP contribution in [0, 0.1) is 12.4 Å². The van der Waals surface area contributed by atoms with E-state index in [0.29, 0.717) is 11.3 Å². The Kier molecular flexibility index (Phi) is 4.98. The first kappa shape index (κ1) is 19.2. The molecule has 0 bridgehead atoms. The van der Waals surface area contributed by atoms with Crippen molar-refractivity contribution in [3.8, 4) is 22.4 Å². The van der Waals surface area contributed by atoms with Crippen molar-refractivity contribution in [1.82, 2.24) is 4.98 Å². The molecule has 1 N–H and O–H groups in total. The first-order valence-electron chi connectivity index (χ1n) is 8.73. The molecule has 0 radical (unpaired) electrons. The van der Waals surface area contributed by atoms with Gasteiger partial charge in [0.05, 0.1) is 12.1 Å². The SMILES string of the molecule is [C-]#[N+]c1cc(-c2nccc(C(=O)O)c2F)ccc1-c1ccc(C(C)(C)C)cc1. The Labute approximate surface area is 163 Å². The smallest absolute Gasteiger partial charge is 0.338 e. The van der Waals surface area contributed by atoms with Crippen molar-refractivity contribution in [2.75, 3.05) is 0 Å². The van der Waals surface area contributed by atoms with Gasteiger partial charge >= 0.3 is 5.97 Å². The van der Waals surface area contributed by atoms with Crippen LogP contribution in [0.15, 0.2) is 54.7 Å². The molecule has 1 heterocycles. The Balaban J connectivity index is 2.06. The second-order valence-corrected chi connectivity index (χ2v) is 7.50. The first-order valence-corrected chi connectivity index (χ1v) is 8.73. The normalized spacial score (nSPS) is 11.1. The second kappa shape index (κ2) is 7.24. The number of carboxylic acids is 1. The Bertz CT molecular complexity index is 1090. The standard InChI is InChI=1S/C23H19FN2O2/c1-23(2,3)16-8-5-14(6-9-16)17-10-7-15(13-19(17)25-4)21-20(24)18(22(27)28)11-12-26-21/h5-13H,1-3H3,(H,27,28). The number of hydrogen-bond acceptors (Lipinski definition) is 2. The summed E-state index contributed by atoms with van der Waals surface area (Å²) in [4.78, 5) is 18.7. The van der Waals surface area contributed by atoms with Crippen molar-refractivity contribution in [3.05, 3.63) is 83.1 Å². The number of rotatable bonds is 3. The number of carboxylic acid groups (broad SMARTS) is 1. The summed E-state index contributed by atoms with van der Waals surface area (Å²) in [6.45, 7) is 13.9. The Hall–Kier alpha value is -3.52. The molecular formula is C23H19FN2O2. The Morgan fingerprint density at radius 2 is 1.71 bits per heavy atom. The molecule has 0 aliphatic rings. The third kappa shape index (κ3) is 3.63. The van der Waals surface area contributed by atoms with Gasteiger partial charge in [0.1, 0.15) is 5.69 Å². The summed E-state index contributed by atoms with van der Waals surface area (Å²) >= 11 is 0. The third-order valence-electron chi connectivity index (χ3n) is 4.57. The zero-order valence-electron chi connectivity index (χ0n) is 15.8. The van der Waals surface area contributed by atoms with Crippen LogP contribution in [-0.2, 0) is 5.41 Å². The molecule has 0 aliphatic heterocycles. The molecule has 140 valence electrons. The van der Waals surface area contributed by atoms with Crippen LogP contribution in [0.4, 0.5) is 10.1 Å². The maximum Gasteiger partial charge on any atom is 0.338 e. The second-order valence-electron chi connectivity index (χ2n) is 7.50. The minimum Gasteiger partial charge on any atom is -0.478 e. The molecule has 3 aromatic rings. The van der Waals surface area contributed by atoms with E-state index in [2.05, 4.69) is 30.6 Å². The van der Waals surface area contributed by atoms with Crippen LogP contribution >= 0.6 is 0 Å². The van der Waals surface area contributed by atoms with E-state index in [4.69, 9.17) is 11.7 Å². The lowest BCUT2D eigenvalue weighted by molar-refractivity contribution is 0.0692. The van der Waals surface area contributed by atoms with E-state index in [1.165, 1.54) is 17.8 Å². The van der Waals surface area contributed by atoms with E-state index in [0.717, 1.165) is 17.2 Å². The minimum atomic E-state index is -1.36. The molecule has 0 spiro atoms. The molecule has 28 heavy (non-hydrogen) atoms. The summed E-state index contributed by atoms with van der Waals surface area (Å²) in [6.07, 6.45) is 1.25. The van der Waals surface area contributed by atoms with E-state index in [1.807, 2.05) is 24.3 Å². The van der Waals surface area contributed by atoms with Crippen LogP contribution < -0.4 is 0 Å². The van der Waals surface area contributed by atoms with Crippen molar-refractivity contribution >= 4 is 11.7 Å². The van der Waals surface area contributed by atoms with Gasteiger partial charge in [0, 0.05) is 6.20 Å². The van der Waals surface area contributed by atoms with Crippen LogP contribution in [0.3, 0.4) is 0 Å². The maximum absolute atomic E-state index is 14.5. The van der Waals surface area contributed by atoms with Crippen LogP contribution in [-0.4, -0.2) is 16.1 Å². The van der Waals surface area contributed by atoms with Crippen molar-refractivity contribution in [3.63, 3.8) is 0 Å². The molecule has 0 aliphatic carbocycles. The third-order valence-corrected chi connectivity index (χ3v) is 4.57. The molecule has 0 fully saturated rings. The van der Waals surface area contributed by atoms with Crippen molar-refractivity contribution in [1.29, 1.82) is 0 Å². The van der Waals surface area contributed by atoms with Gasteiger partial charge in [-0.3, -0.25) is 4.98 Å². The molecule has 2 aromatic carbocycles. The van der Waals surface area contributed by atoms with Gasteiger partial charge in [-0.25, -0.2) is 14.0 Å². The van der Waals surface area contributed by atoms with Crippen molar-refractivity contribution in [2.24, 2.45) is 0 Å². The quantitative estimate of drug-likeness (QED) is 0.564. The molecule has 0 saturated carbocycles. The zero-order chi connectivity index (χ0) is 20.5. The summed E-state index contributed by atoms with van der Waals surface area (Å²) in [5.74, 6) is -2.27. The topological polar surface area (TPSA) is 54.5 Å². The molecule has 0 atom stereocenters. The lowest BCUT2D eigenvalue weighted by Crippen LogP contribution is -2.10. The number of benzene rings is 2. The van der Waals surface area contributed by atoms with Gasteiger partial charge in [0.25, 0.3) is 0 Å². The lowest BCUT2D eigenvalue weighted by atomic mass is 9.86. The number of carbonyl (C=O) groups is 1. The molecular weight excluding hydrogens is 355 g/mol. The van der Waals surface area contributed by atoms with Crippen molar-refractivity contribution in [2.45, 2.75) is 26.2 Å². The molecule has 1 aromatic heterocycles. The average molecular weight is 374 g/mol. The molecule has 5 heteroatoms. The molecule has 0 unspecified atom stereocenters. The number of halogens is 1. The minimum absolute atomic E-state index is 0.0311. The Morgan fingerprint density at radius 3 is 2.29 bits per heavy atom. The van der Waals surface area contributed by atoms with Gasteiger partial charge in [0.2, 0.25) is 0 Å². The van der Waals surface area contributed by atoms with E-state index in [9.17, 15) is 9.18 Å². The predicted octanol–water partition coefficient (Wildman–Crippen LogP) is 6.10. The molecule has 0 amide bonds. The monoisotopic (exact) mass is 374 g/mol. The number of aromatic carboxylic acids is 1. The number of pyridine rings is 1. The van der Waals surface area contributed by atoms with Crippen LogP contribution in [0.5, 0.6) is 0 Å². The average Bonchev–Trinajstić information content (AvgIpc) is 2.67. The van der Waals surface area contributed by atoms with E-state index in [-0.39, 0.29) is 11.1 Å². The maximum atomic E-state index is 14.5. The largest absolute Gasteiger partial charge is 0.478 e. The highest BCUT2D eigenvalue weighted by atomic mass is 19.1. The van der Waals surface area contributed by atoms with Crippen LogP contribution in [0.2, 0.25) is 0 Å². The number of aromatic nitrogens is 1. The van der Waals surface area contributed by atoms with Gasteiger partial charge in [-0.1, -0.05) is 57.2 Å². The van der Waals surface area contributed by atoms with E-state index >= 15 is 0 Å². The highest BCUT2D eigenvalue weighted by molar-refractivity contribution is 5.90. The summed E-state index contributed by atoms with van der Waals surface area (Å²) in [5.41, 5.74) is 3.02. The molecule has 4 nitrogen and oxygen atoms in total. The summed E-state index contributed by atoms with van der Waals surface area (Å²) in [5, 5.41) is 9.09. The Morgan fingerprint density at radius 1 is 1.07 bits per heavy atom. The molecule has 0 saturated heterocycles. The van der Waals surface area contributed by atoms with Gasteiger partial charge in [0.15, 0.2) is 11.5 Å². The van der Waals surface area contributed by atoms with Crippen LogP contribution in [0.25, 0.3) is 27.2 Å². The lowest BCUT2D eigenvalue weighted by Gasteiger charge is -2.19. The van der Waals surface area contributed by atoms with Gasteiger partial charge in [-0.2, -0.15) is 0 Å². The first-order chi connectivity index (χ1) is 13.2. The van der Waals surface area contributed by atoms with Gasteiger partial charge in [-0.15, -0.1) is 0 Å². The highest BCUT2D eigenvalue weighted by Crippen LogP contribution is 2.36. The van der Waals surface area contributed by atoms with Gasteiger partial charge in [-0.05, 0) is 39.8 Å². The van der Waals surface area contributed by atoms with Gasteiger partial charge < -0.3 is 5.11 Å².